The molecule has 4 aromatic rings. The van der Waals surface area contributed by atoms with Gasteiger partial charge in [-0.25, -0.2) is 9.59 Å². The Morgan fingerprint density at radius 2 is 1.37 bits per heavy atom. The smallest absolute Gasteiger partial charge is 0.416 e. The number of hydrogen-bond donors (Lipinski definition) is 1. The summed E-state index contributed by atoms with van der Waals surface area (Å²) in [6, 6.07) is 11.4. The van der Waals surface area contributed by atoms with Crippen molar-refractivity contribution in [2.24, 2.45) is 0 Å². The number of hydrogen-bond acceptors (Lipinski definition) is 6. The maximum absolute atomic E-state index is 14.0. The molecule has 2 atom stereocenters. The predicted octanol–water partition coefficient (Wildman–Crippen LogP) is 9.54. The molecule has 5 rings (SSSR count). The van der Waals surface area contributed by atoms with Gasteiger partial charge in [0.2, 0.25) is 0 Å². The van der Waals surface area contributed by atoms with Crippen molar-refractivity contribution in [3.05, 3.63) is 106 Å². The molecule has 0 saturated carbocycles. The molecule has 51 heavy (non-hydrogen) atoms. The average molecular weight is 727 g/mol. The summed E-state index contributed by atoms with van der Waals surface area (Å²) in [5.74, 6) is -0.455. The second-order valence-electron chi connectivity index (χ2n) is 11.6. The van der Waals surface area contributed by atoms with E-state index < -0.39 is 71.5 Å². The van der Waals surface area contributed by atoms with E-state index in [1.807, 2.05) is 0 Å². The Hall–Kier alpha value is -5.41. The Morgan fingerprint density at radius 1 is 0.765 bits per heavy atom. The number of nitrogens with two attached hydrogens (primary N) is 1. The lowest BCUT2D eigenvalue weighted by Crippen LogP contribution is -2.31. The molecule has 270 valence electrons. The van der Waals surface area contributed by atoms with E-state index in [0.29, 0.717) is 23.3 Å². The predicted molar refractivity (Wildman–Crippen MR) is 165 cm³/mol. The van der Waals surface area contributed by atoms with Crippen LogP contribution in [0.2, 0.25) is 0 Å². The summed E-state index contributed by atoms with van der Waals surface area (Å²) in [5, 5.41) is 0. The summed E-state index contributed by atoms with van der Waals surface area (Å²) in [6.45, 7) is 0.562. The van der Waals surface area contributed by atoms with Gasteiger partial charge in [0, 0.05) is 28.9 Å². The van der Waals surface area contributed by atoms with Crippen molar-refractivity contribution in [2.75, 3.05) is 20.0 Å². The summed E-state index contributed by atoms with van der Waals surface area (Å²) in [5.41, 5.74) is 2.77. The third-order valence-corrected chi connectivity index (χ3v) is 8.35. The lowest BCUT2D eigenvalue weighted by Gasteiger charge is -2.24. The molecule has 2 N–H and O–H groups in total. The van der Waals surface area contributed by atoms with Crippen LogP contribution in [0.5, 0.6) is 5.75 Å². The highest BCUT2D eigenvalue weighted by molar-refractivity contribution is 5.93. The number of carbonyl (C=O) groups excluding carboxylic acids is 2. The molecule has 1 heterocycles. The fourth-order valence-electron chi connectivity index (χ4n) is 5.82. The molecule has 0 aliphatic carbocycles. The number of rotatable bonds is 7. The SMILES string of the molecule is COC(=O)c1ccc(-c2ccc(OC)c(-c3ccc(C(F)(F)F)cc3C3OC(=O)N(Cc4cc(C(F)(F)F)cc(C(F)(F)F)c4)[C@@H]3C)c2)c(N)c1. The largest absolute Gasteiger partial charge is 0.496 e. The van der Waals surface area contributed by atoms with E-state index in [2.05, 4.69) is 0 Å². The first-order chi connectivity index (χ1) is 23.7. The molecule has 1 unspecified atom stereocenters. The van der Waals surface area contributed by atoms with E-state index in [1.54, 1.807) is 12.1 Å². The van der Waals surface area contributed by atoms with E-state index in [-0.39, 0.29) is 39.8 Å². The summed E-state index contributed by atoms with van der Waals surface area (Å²) in [6.07, 6.45) is -17.8. The summed E-state index contributed by atoms with van der Waals surface area (Å²) in [7, 11) is 2.51. The zero-order valence-corrected chi connectivity index (χ0v) is 26.8. The second kappa shape index (κ2) is 13.4. The fourth-order valence-corrected chi connectivity index (χ4v) is 5.82. The Kier molecular flexibility index (Phi) is 9.67. The number of anilines is 1. The van der Waals surface area contributed by atoms with Gasteiger partial charge in [-0.15, -0.1) is 0 Å². The minimum absolute atomic E-state index is 0.0600. The molecular formula is C35H27F9N2O5. The van der Waals surface area contributed by atoms with Gasteiger partial charge >= 0.3 is 30.6 Å². The number of nitrogen functional groups attached to an aromatic ring is 1. The first-order valence-electron chi connectivity index (χ1n) is 14.9. The van der Waals surface area contributed by atoms with Crippen LogP contribution in [-0.2, 0) is 34.5 Å². The van der Waals surface area contributed by atoms with Crippen LogP contribution in [-0.4, -0.2) is 37.2 Å². The van der Waals surface area contributed by atoms with Crippen LogP contribution in [0.25, 0.3) is 22.3 Å². The van der Waals surface area contributed by atoms with Gasteiger partial charge in [-0.3, -0.25) is 4.90 Å². The van der Waals surface area contributed by atoms with Crippen LogP contribution >= 0.6 is 0 Å². The molecule has 0 aromatic heterocycles. The highest BCUT2D eigenvalue weighted by Gasteiger charge is 2.43. The maximum atomic E-state index is 14.0. The monoisotopic (exact) mass is 726 g/mol. The first kappa shape index (κ1) is 36.9. The third kappa shape index (κ3) is 7.54. The number of esters is 1. The number of methoxy groups -OCH3 is 2. The van der Waals surface area contributed by atoms with E-state index >= 15 is 0 Å². The van der Waals surface area contributed by atoms with Crippen molar-refractivity contribution in [1.82, 2.24) is 4.90 Å². The van der Waals surface area contributed by atoms with E-state index in [9.17, 15) is 49.1 Å². The van der Waals surface area contributed by atoms with Gasteiger partial charge in [-0.2, -0.15) is 39.5 Å². The number of benzene rings is 4. The van der Waals surface area contributed by atoms with Crippen molar-refractivity contribution < 1.29 is 63.3 Å². The molecule has 16 heteroatoms. The molecule has 1 fully saturated rings. The number of cyclic esters (lactones) is 1. The minimum atomic E-state index is -5.15. The number of halogens is 9. The molecular weight excluding hydrogens is 699 g/mol. The first-order valence-corrected chi connectivity index (χ1v) is 14.9. The molecule has 0 bridgehead atoms. The Morgan fingerprint density at radius 3 is 1.92 bits per heavy atom. The van der Waals surface area contributed by atoms with Crippen LogP contribution < -0.4 is 10.5 Å². The number of carbonyl (C=O) groups is 2. The number of nitrogens with zero attached hydrogens (tertiary/aromatic N) is 1. The van der Waals surface area contributed by atoms with Crippen molar-refractivity contribution in [3.63, 3.8) is 0 Å². The minimum Gasteiger partial charge on any atom is -0.496 e. The molecule has 0 radical (unpaired) electrons. The summed E-state index contributed by atoms with van der Waals surface area (Å²) >= 11 is 0. The van der Waals surface area contributed by atoms with E-state index in [1.165, 1.54) is 45.4 Å². The van der Waals surface area contributed by atoms with Crippen LogP contribution in [0.1, 0.15) is 51.2 Å². The van der Waals surface area contributed by atoms with Crippen LogP contribution in [0.4, 0.5) is 50.0 Å². The van der Waals surface area contributed by atoms with Gasteiger partial charge in [0.05, 0.1) is 42.5 Å². The van der Waals surface area contributed by atoms with Crippen molar-refractivity contribution in [1.29, 1.82) is 0 Å². The topological polar surface area (TPSA) is 91.1 Å². The molecule has 1 aliphatic heterocycles. The fraction of sp³-hybridized carbons (Fsp3) is 0.257. The highest BCUT2D eigenvalue weighted by atomic mass is 19.4. The van der Waals surface area contributed by atoms with Crippen LogP contribution in [0, 0.1) is 0 Å². The maximum Gasteiger partial charge on any atom is 0.416 e. The van der Waals surface area contributed by atoms with Gasteiger partial charge in [0.1, 0.15) is 11.9 Å². The lowest BCUT2D eigenvalue weighted by molar-refractivity contribution is -0.143. The highest BCUT2D eigenvalue weighted by Crippen LogP contribution is 2.45. The molecule has 0 spiro atoms. The Labute approximate surface area is 284 Å². The number of amides is 1. The van der Waals surface area contributed by atoms with Crippen LogP contribution in [0.3, 0.4) is 0 Å². The zero-order valence-electron chi connectivity index (χ0n) is 26.8. The van der Waals surface area contributed by atoms with Gasteiger partial charge in [-0.1, -0.05) is 18.2 Å². The molecule has 1 saturated heterocycles. The van der Waals surface area contributed by atoms with Crippen molar-refractivity contribution in [3.8, 4) is 28.0 Å². The quantitative estimate of drug-likeness (QED) is 0.116. The summed E-state index contributed by atoms with van der Waals surface area (Å²) in [4.78, 5) is 25.9. The van der Waals surface area contributed by atoms with Gasteiger partial charge < -0.3 is 19.9 Å². The summed E-state index contributed by atoms with van der Waals surface area (Å²) < 4.78 is 139. The van der Waals surface area contributed by atoms with Gasteiger partial charge in [0.15, 0.2) is 0 Å². The molecule has 4 aromatic carbocycles. The lowest BCUT2D eigenvalue weighted by atomic mass is 9.89. The molecule has 1 amide bonds. The van der Waals surface area contributed by atoms with Gasteiger partial charge in [0.25, 0.3) is 0 Å². The van der Waals surface area contributed by atoms with Crippen LogP contribution in [0.15, 0.2) is 72.8 Å². The Balaban J connectivity index is 1.60. The third-order valence-electron chi connectivity index (χ3n) is 8.35. The van der Waals surface area contributed by atoms with E-state index in [4.69, 9.17) is 19.9 Å². The standard InChI is InChI=1S/C35H27F9N2O5/c1-17-30(51-32(48)46(17)16-18-10-22(34(39,40)41)14-23(11-18)35(42,43)44)27-15-21(33(36,37)38)6-8-25(27)26-12-19(5-9-29(26)49-2)24-7-4-20(13-28(24)45)31(47)50-3/h4-15,17,30H,16,45H2,1-3H3/t17-,30?/m1/s1. The van der Waals surface area contributed by atoms with Crippen molar-refractivity contribution in [2.45, 2.75) is 44.1 Å². The second-order valence-corrected chi connectivity index (χ2v) is 11.6. The zero-order chi connectivity index (χ0) is 37.6. The van der Waals surface area contributed by atoms with Gasteiger partial charge in [-0.05, 0) is 78.2 Å². The molecule has 7 nitrogen and oxygen atoms in total. The van der Waals surface area contributed by atoms with E-state index in [0.717, 1.165) is 23.1 Å². The van der Waals surface area contributed by atoms with Crippen molar-refractivity contribution >= 4 is 17.7 Å². The number of alkyl halides is 9. The Bertz CT molecular complexity index is 1960. The molecule has 1 aliphatic rings. The average Bonchev–Trinajstić information content (AvgIpc) is 3.34. The number of ether oxygens (including phenoxy) is 3. The normalized spacial score (nSPS) is 16.6.